The summed E-state index contributed by atoms with van der Waals surface area (Å²) in [7, 11) is 0. The zero-order chi connectivity index (χ0) is 20.0. The number of nitriles is 2. The van der Waals surface area contributed by atoms with Crippen LogP contribution in [0.25, 0.3) is 6.08 Å². The van der Waals surface area contributed by atoms with Crippen molar-refractivity contribution in [2.75, 3.05) is 11.9 Å². The van der Waals surface area contributed by atoms with Crippen LogP contribution in [0, 0.1) is 33.2 Å². The van der Waals surface area contributed by atoms with Gasteiger partial charge in [0.1, 0.15) is 23.5 Å². The molecule has 8 heteroatoms. The maximum atomic E-state index is 12.5. The van der Waals surface area contributed by atoms with Crippen LogP contribution in [-0.2, 0) is 4.79 Å². The number of carbonyl (C=O) groups excluding carboxylic acids is 1. The van der Waals surface area contributed by atoms with E-state index in [2.05, 4.69) is 43.8 Å². The van der Waals surface area contributed by atoms with Crippen LogP contribution < -0.4 is 10.1 Å². The zero-order valence-corrected chi connectivity index (χ0v) is 18.5. The Labute approximate surface area is 183 Å². The van der Waals surface area contributed by atoms with Crippen molar-refractivity contribution in [2.45, 2.75) is 6.92 Å². The fourth-order valence-corrected chi connectivity index (χ4v) is 4.10. The number of benzene rings is 2. The van der Waals surface area contributed by atoms with E-state index in [1.807, 2.05) is 12.1 Å². The lowest BCUT2D eigenvalue weighted by atomic mass is 10.1. The molecule has 2 aromatic carbocycles. The van der Waals surface area contributed by atoms with E-state index in [1.54, 1.807) is 37.3 Å². The summed E-state index contributed by atoms with van der Waals surface area (Å²) in [5.41, 5.74) is 1.86. The molecular weight excluding hydrogens is 544 g/mol. The lowest BCUT2D eigenvalue weighted by molar-refractivity contribution is -0.112. The van der Waals surface area contributed by atoms with Gasteiger partial charge in [-0.15, -0.1) is 0 Å². The summed E-state index contributed by atoms with van der Waals surface area (Å²) in [6.45, 7) is 1.71. The van der Waals surface area contributed by atoms with E-state index in [0.717, 1.165) is 9.13 Å². The molecule has 0 radical (unpaired) electrons. The summed E-state index contributed by atoms with van der Waals surface area (Å²) < 4.78 is 6.73. The van der Waals surface area contributed by atoms with Crippen molar-refractivity contribution in [3.8, 4) is 17.9 Å². The first-order chi connectivity index (χ1) is 12.9. The average molecular weight is 557 g/mol. The molecule has 0 spiro atoms. The molecule has 1 N–H and O–H groups in total. The summed E-state index contributed by atoms with van der Waals surface area (Å²) in [6, 6.07) is 12.5. The zero-order valence-electron chi connectivity index (χ0n) is 14.0. The van der Waals surface area contributed by atoms with Gasteiger partial charge in [-0.1, -0.05) is 17.7 Å². The Morgan fingerprint density at radius 2 is 2.15 bits per heavy atom. The first-order valence-corrected chi connectivity index (χ1v) is 9.79. The van der Waals surface area contributed by atoms with Crippen molar-refractivity contribution in [2.24, 2.45) is 0 Å². The first kappa shape index (κ1) is 21.2. The van der Waals surface area contributed by atoms with Crippen LogP contribution in [0.5, 0.6) is 5.75 Å². The minimum absolute atomic E-state index is 0.0530. The third kappa shape index (κ3) is 5.46. The third-order valence-electron chi connectivity index (χ3n) is 3.49. The molecule has 136 valence electrons. The van der Waals surface area contributed by atoms with Gasteiger partial charge < -0.3 is 10.1 Å². The van der Waals surface area contributed by atoms with E-state index in [1.165, 1.54) is 6.08 Å². The smallest absolute Gasteiger partial charge is 0.266 e. The fraction of sp³-hybridized carbons (Fsp3) is 0.105. The van der Waals surface area contributed by atoms with Crippen molar-refractivity contribution in [1.82, 2.24) is 0 Å². The number of halogens is 3. The van der Waals surface area contributed by atoms with Crippen molar-refractivity contribution >= 4 is 67.8 Å². The van der Waals surface area contributed by atoms with Crippen LogP contribution in [0.4, 0.5) is 5.69 Å². The lowest BCUT2D eigenvalue weighted by Gasteiger charge is -2.10. The number of hydrogen-bond acceptors (Lipinski definition) is 4. The highest BCUT2D eigenvalue weighted by Crippen LogP contribution is 2.33. The number of hydrogen-bond donors (Lipinski definition) is 1. The molecule has 0 saturated heterocycles. The first-order valence-electron chi connectivity index (χ1n) is 7.54. The van der Waals surface area contributed by atoms with Gasteiger partial charge in [-0.2, -0.15) is 10.5 Å². The summed E-state index contributed by atoms with van der Waals surface area (Å²) in [5, 5.41) is 21.3. The number of nitrogens with zero attached hydrogens (tertiary/aromatic N) is 2. The summed E-state index contributed by atoms with van der Waals surface area (Å²) in [5.74, 6) is 0.00520. The van der Waals surface area contributed by atoms with E-state index in [9.17, 15) is 10.1 Å². The Kier molecular flexibility index (Phi) is 7.66. The van der Waals surface area contributed by atoms with E-state index < -0.39 is 5.91 Å². The van der Waals surface area contributed by atoms with Crippen LogP contribution in [0.2, 0.25) is 5.02 Å². The van der Waals surface area contributed by atoms with Crippen LogP contribution in [0.3, 0.4) is 0 Å². The molecule has 27 heavy (non-hydrogen) atoms. The Morgan fingerprint density at radius 1 is 1.41 bits per heavy atom. The largest absolute Gasteiger partial charge is 0.476 e. The van der Waals surface area contributed by atoms with Crippen LogP contribution in [0.15, 0.2) is 40.4 Å². The topological polar surface area (TPSA) is 85.9 Å². The van der Waals surface area contributed by atoms with Crippen molar-refractivity contribution in [3.63, 3.8) is 0 Å². The highest BCUT2D eigenvalue weighted by molar-refractivity contribution is 14.1. The summed E-state index contributed by atoms with van der Waals surface area (Å²) in [6.07, 6.45) is 1.48. The second-order valence-electron chi connectivity index (χ2n) is 5.30. The normalized spacial score (nSPS) is 10.7. The van der Waals surface area contributed by atoms with Gasteiger partial charge in [0.25, 0.3) is 5.91 Å². The van der Waals surface area contributed by atoms with E-state index >= 15 is 0 Å². The molecule has 2 aromatic rings. The van der Waals surface area contributed by atoms with Gasteiger partial charge in [-0.3, -0.25) is 4.79 Å². The van der Waals surface area contributed by atoms with Gasteiger partial charge in [0.15, 0.2) is 6.61 Å². The number of carbonyl (C=O) groups is 1. The van der Waals surface area contributed by atoms with Crippen molar-refractivity contribution in [1.29, 1.82) is 10.5 Å². The standard InChI is InChI=1S/C19H12BrClIN3O2/c1-11-15(21)3-2-4-17(11)25-19(26)13(10-24)7-12-8-14(20)18(16(22)9-12)27-6-5-23/h2-4,7-9H,6H2,1H3,(H,25,26)/b13-7-. The monoisotopic (exact) mass is 555 g/mol. The Bertz CT molecular complexity index is 986. The average Bonchev–Trinajstić information content (AvgIpc) is 2.62. The second-order valence-corrected chi connectivity index (χ2v) is 7.72. The van der Waals surface area contributed by atoms with Gasteiger partial charge in [0, 0.05) is 10.7 Å². The van der Waals surface area contributed by atoms with Crippen molar-refractivity contribution in [3.05, 3.63) is 60.1 Å². The molecule has 0 aliphatic heterocycles. The molecule has 0 aromatic heterocycles. The van der Waals surface area contributed by atoms with Gasteiger partial charge in [-0.25, -0.2) is 0 Å². The SMILES string of the molecule is Cc1c(Cl)cccc1NC(=O)/C(C#N)=C\c1cc(Br)c(OCC#N)c(I)c1. The maximum Gasteiger partial charge on any atom is 0.266 e. The number of nitrogens with one attached hydrogen (secondary N) is 1. The molecule has 1 amide bonds. The molecule has 0 saturated carbocycles. The molecule has 2 rings (SSSR count). The van der Waals surface area contributed by atoms with E-state index in [-0.39, 0.29) is 12.2 Å². The van der Waals surface area contributed by atoms with Gasteiger partial charge in [0.05, 0.1) is 8.04 Å². The van der Waals surface area contributed by atoms with Crippen LogP contribution in [-0.4, -0.2) is 12.5 Å². The van der Waals surface area contributed by atoms with Gasteiger partial charge >= 0.3 is 0 Å². The molecule has 0 heterocycles. The number of anilines is 1. The molecule has 0 bridgehead atoms. The van der Waals surface area contributed by atoms with E-state index in [0.29, 0.717) is 26.5 Å². The molecular formula is C19H12BrClIN3O2. The fourth-order valence-electron chi connectivity index (χ4n) is 2.15. The minimum atomic E-state index is -0.529. The molecule has 0 aliphatic rings. The Morgan fingerprint density at radius 3 is 2.78 bits per heavy atom. The predicted molar refractivity (Wildman–Crippen MR) is 116 cm³/mol. The maximum absolute atomic E-state index is 12.5. The molecule has 5 nitrogen and oxygen atoms in total. The Balaban J connectivity index is 2.30. The third-order valence-corrected chi connectivity index (χ3v) is 5.29. The predicted octanol–water partition coefficient (Wildman–Crippen LogP) is 5.46. The van der Waals surface area contributed by atoms with E-state index in [4.69, 9.17) is 21.6 Å². The highest BCUT2D eigenvalue weighted by Gasteiger charge is 2.14. The van der Waals surface area contributed by atoms with Crippen molar-refractivity contribution < 1.29 is 9.53 Å². The summed E-state index contributed by atoms with van der Waals surface area (Å²) in [4.78, 5) is 12.5. The minimum Gasteiger partial charge on any atom is -0.476 e. The lowest BCUT2D eigenvalue weighted by Crippen LogP contribution is -2.14. The second kappa shape index (κ2) is 9.75. The molecule has 0 atom stereocenters. The molecule has 0 unspecified atom stereocenters. The van der Waals surface area contributed by atoms with Gasteiger partial charge in [0.2, 0.25) is 0 Å². The molecule has 0 fully saturated rings. The number of rotatable bonds is 5. The summed E-state index contributed by atoms with van der Waals surface area (Å²) >= 11 is 11.5. The number of ether oxygens (including phenoxy) is 1. The quantitative estimate of drug-likeness (QED) is 0.301. The number of amides is 1. The molecule has 0 aliphatic carbocycles. The van der Waals surface area contributed by atoms with Gasteiger partial charge in [-0.05, 0) is 86.9 Å². The Hall–Kier alpha value is -2.07. The van der Waals surface area contributed by atoms with Crippen LogP contribution >= 0.6 is 50.1 Å². The highest BCUT2D eigenvalue weighted by atomic mass is 127. The van der Waals surface area contributed by atoms with Crippen LogP contribution in [0.1, 0.15) is 11.1 Å².